The van der Waals surface area contributed by atoms with Crippen molar-refractivity contribution in [2.45, 2.75) is 40.3 Å². The van der Waals surface area contributed by atoms with Gasteiger partial charge in [0, 0.05) is 30.9 Å². The van der Waals surface area contributed by atoms with E-state index in [1.165, 1.54) is 0 Å². The molecule has 0 aromatic carbocycles. The Morgan fingerprint density at radius 3 is 2.59 bits per heavy atom. The van der Waals surface area contributed by atoms with Gasteiger partial charge in [-0.15, -0.1) is 0 Å². The zero-order valence-corrected chi connectivity index (χ0v) is 11.0. The normalized spacial score (nSPS) is 11.2. The third-order valence-electron chi connectivity index (χ3n) is 2.35. The highest BCUT2D eigenvalue weighted by atomic mass is 19.1. The summed E-state index contributed by atoms with van der Waals surface area (Å²) in [6, 6.07) is 2.06. The van der Waals surface area contributed by atoms with E-state index in [1.807, 2.05) is 13.8 Å². The summed E-state index contributed by atoms with van der Waals surface area (Å²) < 4.78 is 14.0. The standard InChI is InChI=1S/C13H22FN3/c1-9(2)7-17-13-12(14)11(5-6-15-13)8-16-10(3)4/h5-6,9-10,16H,7-8H2,1-4H3,(H,15,17). The van der Waals surface area contributed by atoms with E-state index in [1.54, 1.807) is 12.3 Å². The third kappa shape index (κ3) is 4.69. The van der Waals surface area contributed by atoms with E-state index in [-0.39, 0.29) is 5.82 Å². The fourth-order valence-electron chi connectivity index (χ4n) is 1.36. The van der Waals surface area contributed by atoms with Crippen molar-refractivity contribution in [3.8, 4) is 0 Å². The molecular formula is C13H22FN3. The number of nitrogens with one attached hydrogen (secondary N) is 2. The minimum absolute atomic E-state index is 0.249. The minimum Gasteiger partial charge on any atom is -0.367 e. The molecule has 1 aromatic heterocycles. The fourth-order valence-corrected chi connectivity index (χ4v) is 1.36. The van der Waals surface area contributed by atoms with Crippen LogP contribution in [0, 0.1) is 11.7 Å². The highest BCUT2D eigenvalue weighted by Crippen LogP contribution is 2.15. The molecule has 4 heteroatoms. The number of anilines is 1. The molecule has 0 saturated heterocycles. The van der Waals surface area contributed by atoms with Gasteiger partial charge in [0.25, 0.3) is 0 Å². The molecule has 1 heterocycles. The van der Waals surface area contributed by atoms with Gasteiger partial charge in [-0.05, 0) is 12.0 Å². The van der Waals surface area contributed by atoms with Crippen LogP contribution in [-0.4, -0.2) is 17.6 Å². The first-order valence-electron chi connectivity index (χ1n) is 6.11. The Labute approximate surface area is 103 Å². The Morgan fingerprint density at radius 1 is 1.29 bits per heavy atom. The number of hydrogen-bond acceptors (Lipinski definition) is 3. The van der Waals surface area contributed by atoms with Crippen LogP contribution in [0.4, 0.5) is 10.2 Å². The molecule has 0 saturated carbocycles. The van der Waals surface area contributed by atoms with Gasteiger partial charge < -0.3 is 10.6 Å². The monoisotopic (exact) mass is 239 g/mol. The van der Waals surface area contributed by atoms with Crippen LogP contribution in [0.2, 0.25) is 0 Å². The van der Waals surface area contributed by atoms with Crippen LogP contribution in [0.25, 0.3) is 0 Å². The first kappa shape index (κ1) is 13.9. The zero-order valence-electron chi connectivity index (χ0n) is 11.0. The maximum absolute atomic E-state index is 14.0. The molecule has 2 N–H and O–H groups in total. The van der Waals surface area contributed by atoms with Crippen molar-refractivity contribution in [3.63, 3.8) is 0 Å². The molecule has 0 radical (unpaired) electrons. The van der Waals surface area contributed by atoms with Gasteiger partial charge in [0.15, 0.2) is 11.6 Å². The number of halogens is 1. The molecule has 0 aliphatic rings. The second kappa shape index (κ2) is 6.55. The van der Waals surface area contributed by atoms with Crippen molar-refractivity contribution >= 4 is 5.82 Å². The Morgan fingerprint density at radius 2 is 2.00 bits per heavy atom. The molecule has 0 unspecified atom stereocenters. The molecule has 17 heavy (non-hydrogen) atoms. The maximum atomic E-state index is 14.0. The molecule has 0 bridgehead atoms. The highest BCUT2D eigenvalue weighted by Gasteiger charge is 2.09. The Kier molecular flexibility index (Phi) is 5.35. The smallest absolute Gasteiger partial charge is 0.169 e. The predicted octanol–water partition coefficient (Wildman–Crippen LogP) is 2.79. The average molecular weight is 239 g/mol. The quantitative estimate of drug-likeness (QED) is 0.801. The summed E-state index contributed by atoms with van der Waals surface area (Å²) in [6.07, 6.45) is 1.64. The van der Waals surface area contributed by atoms with Crippen LogP contribution >= 0.6 is 0 Å². The van der Waals surface area contributed by atoms with Crippen LogP contribution in [0.1, 0.15) is 33.3 Å². The predicted molar refractivity (Wildman–Crippen MR) is 69.5 cm³/mol. The van der Waals surface area contributed by atoms with Crippen LogP contribution in [0.3, 0.4) is 0 Å². The SMILES string of the molecule is CC(C)CNc1nccc(CNC(C)C)c1F. The highest BCUT2D eigenvalue weighted by molar-refractivity contribution is 5.39. The van der Waals surface area contributed by atoms with Gasteiger partial charge in [-0.3, -0.25) is 0 Å². The molecule has 0 amide bonds. The van der Waals surface area contributed by atoms with Gasteiger partial charge >= 0.3 is 0 Å². The molecule has 3 nitrogen and oxygen atoms in total. The van der Waals surface area contributed by atoms with Crippen LogP contribution in [-0.2, 0) is 6.54 Å². The molecule has 96 valence electrons. The van der Waals surface area contributed by atoms with E-state index in [0.717, 1.165) is 6.54 Å². The molecule has 0 atom stereocenters. The van der Waals surface area contributed by atoms with Crippen molar-refractivity contribution in [2.24, 2.45) is 5.92 Å². The van der Waals surface area contributed by atoms with Gasteiger partial charge in [0.2, 0.25) is 0 Å². The molecule has 0 spiro atoms. The largest absolute Gasteiger partial charge is 0.367 e. The van der Waals surface area contributed by atoms with Gasteiger partial charge in [-0.2, -0.15) is 0 Å². The fraction of sp³-hybridized carbons (Fsp3) is 0.615. The minimum atomic E-state index is -0.249. The number of hydrogen-bond donors (Lipinski definition) is 2. The van der Waals surface area contributed by atoms with E-state index >= 15 is 0 Å². The summed E-state index contributed by atoms with van der Waals surface area (Å²) >= 11 is 0. The molecular weight excluding hydrogens is 217 g/mol. The molecule has 1 aromatic rings. The van der Waals surface area contributed by atoms with Crippen molar-refractivity contribution < 1.29 is 4.39 Å². The topological polar surface area (TPSA) is 37.0 Å². The maximum Gasteiger partial charge on any atom is 0.169 e. The molecule has 0 fully saturated rings. The Balaban J connectivity index is 2.69. The third-order valence-corrected chi connectivity index (χ3v) is 2.35. The number of pyridine rings is 1. The van der Waals surface area contributed by atoms with E-state index in [0.29, 0.717) is 29.9 Å². The van der Waals surface area contributed by atoms with E-state index < -0.39 is 0 Å². The summed E-state index contributed by atoms with van der Waals surface area (Å²) in [5, 5.41) is 6.23. The summed E-state index contributed by atoms with van der Waals surface area (Å²) in [6.45, 7) is 9.49. The van der Waals surface area contributed by atoms with Crippen LogP contribution < -0.4 is 10.6 Å². The molecule has 1 rings (SSSR count). The molecule has 0 aliphatic carbocycles. The Hall–Kier alpha value is -1.16. The van der Waals surface area contributed by atoms with Crippen molar-refractivity contribution in [1.29, 1.82) is 0 Å². The number of rotatable bonds is 6. The molecule has 0 aliphatic heterocycles. The second-order valence-electron chi connectivity index (χ2n) is 4.94. The summed E-state index contributed by atoms with van der Waals surface area (Å²) in [7, 11) is 0. The Bertz CT molecular complexity index is 320. The van der Waals surface area contributed by atoms with E-state index in [4.69, 9.17) is 0 Å². The van der Waals surface area contributed by atoms with Crippen LogP contribution in [0.15, 0.2) is 12.3 Å². The second-order valence-corrected chi connectivity index (χ2v) is 4.94. The lowest BCUT2D eigenvalue weighted by atomic mass is 10.2. The summed E-state index contributed by atoms with van der Waals surface area (Å²) in [5.41, 5.74) is 0.653. The van der Waals surface area contributed by atoms with Crippen molar-refractivity contribution in [2.75, 3.05) is 11.9 Å². The number of aromatic nitrogens is 1. The van der Waals surface area contributed by atoms with Gasteiger partial charge in [0.05, 0.1) is 0 Å². The van der Waals surface area contributed by atoms with Gasteiger partial charge in [-0.1, -0.05) is 27.7 Å². The first-order chi connectivity index (χ1) is 8.00. The van der Waals surface area contributed by atoms with Crippen LogP contribution in [0.5, 0.6) is 0 Å². The zero-order chi connectivity index (χ0) is 12.8. The first-order valence-corrected chi connectivity index (χ1v) is 6.11. The summed E-state index contributed by atoms with van der Waals surface area (Å²) in [5.74, 6) is 0.566. The number of nitrogens with zero attached hydrogens (tertiary/aromatic N) is 1. The van der Waals surface area contributed by atoms with Crippen molar-refractivity contribution in [1.82, 2.24) is 10.3 Å². The van der Waals surface area contributed by atoms with Gasteiger partial charge in [0.1, 0.15) is 0 Å². The average Bonchev–Trinajstić information content (AvgIpc) is 2.25. The summed E-state index contributed by atoms with van der Waals surface area (Å²) in [4.78, 5) is 4.02. The lowest BCUT2D eigenvalue weighted by molar-refractivity contribution is 0.550. The lowest BCUT2D eigenvalue weighted by Crippen LogP contribution is -2.23. The van der Waals surface area contributed by atoms with Crippen molar-refractivity contribution in [3.05, 3.63) is 23.6 Å². The van der Waals surface area contributed by atoms with Gasteiger partial charge in [-0.25, -0.2) is 9.37 Å². The lowest BCUT2D eigenvalue weighted by Gasteiger charge is -2.12. The van der Waals surface area contributed by atoms with E-state index in [9.17, 15) is 4.39 Å². The van der Waals surface area contributed by atoms with E-state index in [2.05, 4.69) is 29.5 Å².